The number of esters is 1. The molecule has 0 bridgehead atoms. The number of methoxy groups -OCH3 is 2. The monoisotopic (exact) mass is 364 g/mol. The molecule has 1 aromatic rings. The maximum atomic E-state index is 12.0. The molecule has 1 aliphatic heterocycles. The van der Waals surface area contributed by atoms with Gasteiger partial charge in [-0.15, -0.1) is 0 Å². The Balaban J connectivity index is 2.34. The molecule has 3 N–H and O–H groups in total. The number of rotatable bonds is 8. The highest BCUT2D eigenvalue weighted by Crippen LogP contribution is 2.38. The standard InChI is InChI=1S/C19H28N2O5/c1-11(2)10-26-15-7-6-13(8-16(15)24-4)14(9-17(22)25-5)18-12(3)20-21-19(18)23/h6-8,12,14,18-21,23H,1,9-10H2,2-5H3. The first-order valence-corrected chi connectivity index (χ1v) is 8.58. The van der Waals surface area contributed by atoms with Gasteiger partial charge in [0.15, 0.2) is 11.5 Å². The first-order valence-electron chi connectivity index (χ1n) is 8.58. The highest BCUT2D eigenvalue weighted by atomic mass is 16.5. The predicted molar refractivity (Wildman–Crippen MR) is 97.9 cm³/mol. The van der Waals surface area contributed by atoms with Crippen LogP contribution in [-0.4, -0.2) is 44.2 Å². The molecule has 4 unspecified atom stereocenters. The van der Waals surface area contributed by atoms with E-state index in [2.05, 4.69) is 17.4 Å². The second kappa shape index (κ2) is 9.02. The van der Waals surface area contributed by atoms with Crippen LogP contribution < -0.4 is 20.3 Å². The van der Waals surface area contributed by atoms with E-state index in [1.165, 1.54) is 7.11 Å². The maximum Gasteiger partial charge on any atom is 0.306 e. The van der Waals surface area contributed by atoms with Gasteiger partial charge in [-0.25, -0.2) is 5.43 Å². The van der Waals surface area contributed by atoms with Crippen molar-refractivity contribution < 1.29 is 24.1 Å². The molecule has 0 aliphatic carbocycles. The lowest BCUT2D eigenvalue weighted by Crippen LogP contribution is -2.33. The summed E-state index contributed by atoms with van der Waals surface area (Å²) in [4.78, 5) is 12.0. The SMILES string of the molecule is C=C(C)COc1ccc(C(CC(=O)OC)C2C(C)NNC2O)cc1OC. The Morgan fingerprint density at radius 1 is 1.31 bits per heavy atom. The summed E-state index contributed by atoms with van der Waals surface area (Å²) in [6.45, 7) is 8.06. The fourth-order valence-corrected chi connectivity index (χ4v) is 3.23. The first kappa shape index (κ1) is 20.2. The van der Waals surface area contributed by atoms with Gasteiger partial charge in [-0.05, 0) is 37.1 Å². The summed E-state index contributed by atoms with van der Waals surface area (Å²) in [5.74, 6) is 0.384. The second-order valence-electron chi connectivity index (χ2n) is 6.64. The molecule has 0 amide bonds. The molecule has 1 fully saturated rings. The molecule has 0 spiro atoms. The molecular formula is C19H28N2O5. The molecule has 1 aliphatic rings. The highest BCUT2D eigenvalue weighted by Gasteiger charge is 2.40. The summed E-state index contributed by atoms with van der Waals surface area (Å²) in [5.41, 5.74) is 7.61. The number of nitrogens with one attached hydrogen (secondary N) is 2. The Labute approximate surface area is 154 Å². The normalized spacial score (nSPS) is 23.3. The van der Waals surface area contributed by atoms with Crippen molar-refractivity contribution in [2.45, 2.75) is 38.5 Å². The van der Waals surface area contributed by atoms with E-state index in [0.717, 1.165) is 11.1 Å². The van der Waals surface area contributed by atoms with Crippen molar-refractivity contribution in [1.29, 1.82) is 0 Å². The zero-order valence-electron chi connectivity index (χ0n) is 15.7. The zero-order valence-corrected chi connectivity index (χ0v) is 15.7. The van der Waals surface area contributed by atoms with Crippen molar-refractivity contribution in [3.8, 4) is 11.5 Å². The van der Waals surface area contributed by atoms with E-state index in [4.69, 9.17) is 14.2 Å². The van der Waals surface area contributed by atoms with Gasteiger partial charge in [-0.2, -0.15) is 0 Å². The third-order valence-electron chi connectivity index (χ3n) is 4.57. The summed E-state index contributed by atoms with van der Waals surface area (Å²) in [6.07, 6.45) is -0.619. The molecule has 26 heavy (non-hydrogen) atoms. The summed E-state index contributed by atoms with van der Waals surface area (Å²) in [7, 11) is 2.93. The molecular weight excluding hydrogens is 336 g/mol. The Hall–Kier alpha value is -2.09. The number of ether oxygens (including phenoxy) is 3. The van der Waals surface area contributed by atoms with Crippen molar-refractivity contribution in [2.75, 3.05) is 20.8 Å². The number of hydrazine groups is 1. The summed E-state index contributed by atoms with van der Waals surface area (Å²) in [5, 5.41) is 10.3. The summed E-state index contributed by atoms with van der Waals surface area (Å²) < 4.78 is 16.0. The van der Waals surface area contributed by atoms with Crippen LogP contribution in [0.25, 0.3) is 0 Å². The van der Waals surface area contributed by atoms with Gasteiger partial charge < -0.3 is 19.3 Å². The van der Waals surface area contributed by atoms with Crippen molar-refractivity contribution in [3.05, 3.63) is 35.9 Å². The molecule has 0 radical (unpaired) electrons. The third kappa shape index (κ3) is 4.75. The Kier molecular flexibility index (Phi) is 7.02. The van der Waals surface area contributed by atoms with Crippen molar-refractivity contribution in [1.82, 2.24) is 10.9 Å². The van der Waals surface area contributed by atoms with Gasteiger partial charge in [0, 0.05) is 17.9 Å². The average Bonchev–Trinajstić information content (AvgIpc) is 2.96. The molecule has 0 aromatic heterocycles. The Morgan fingerprint density at radius 3 is 2.58 bits per heavy atom. The molecule has 1 aromatic carbocycles. The summed E-state index contributed by atoms with van der Waals surface area (Å²) in [6, 6.07) is 5.53. The van der Waals surface area contributed by atoms with Crippen LogP contribution in [0.1, 0.15) is 31.7 Å². The van der Waals surface area contributed by atoms with E-state index < -0.39 is 6.23 Å². The lowest BCUT2D eigenvalue weighted by molar-refractivity contribution is -0.141. The molecule has 4 atom stereocenters. The molecule has 7 heteroatoms. The van der Waals surface area contributed by atoms with Crippen LogP contribution in [0.3, 0.4) is 0 Å². The van der Waals surface area contributed by atoms with Gasteiger partial charge in [0.2, 0.25) is 0 Å². The lowest BCUT2D eigenvalue weighted by Gasteiger charge is -2.28. The summed E-state index contributed by atoms with van der Waals surface area (Å²) >= 11 is 0. The fourth-order valence-electron chi connectivity index (χ4n) is 3.23. The molecule has 2 rings (SSSR count). The van der Waals surface area contributed by atoms with Crippen LogP contribution in [0.2, 0.25) is 0 Å². The third-order valence-corrected chi connectivity index (χ3v) is 4.57. The first-order chi connectivity index (χ1) is 12.4. The number of hydrogen-bond acceptors (Lipinski definition) is 7. The molecule has 1 saturated heterocycles. The molecule has 0 saturated carbocycles. The zero-order chi connectivity index (χ0) is 19.3. The minimum Gasteiger partial charge on any atom is -0.493 e. The number of aliphatic hydroxyl groups is 1. The fraction of sp³-hybridized carbons (Fsp3) is 0.526. The van der Waals surface area contributed by atoms with Crippen LogP contribution in [0, 0.1) is 5.92 Å². The number of aliphatic hydroxyl groups excluding tert-OH is 1. The quantitative estimate of drug-likeness (QED) is 0.478. The van der Waals surface area contributed by atoms with E-state index in [9.17, 15) is 9.90 Å². The van der Waals surface area contributed by atoms with Gasteiger partial charge in [-0.3, -0.25) is 10.2 Å². The molecule has 1 heterocycles. The van der Waals surface area contributed by atoms with E-state index in [1.807, 2.05) is 32.0 Å². The number of carbonyl (C=O) groups excluding carboxylic acids is 1. The van der Waals surface area contributed by atoms with Crippen LogP contribution in [0.4, 0.5) is 0 Å². The smallest absolute Gasteiger partial charge is 0.306 e. The van der Waals surface area contributed by atoms with Crippen LogP contribution >= 0.6 is 0 Å². The van der Waals surface area contributed by atoms with Crippen molar-refractivity contribution >= 4 is 5.97 Å². The predicted octanol–water partition coefficient (Wildman–Crippen LogP) is 1.73. The van der Waals surface area contributed by atoms with Gasteiger partial charge in [0.25, 0.3) is 0 Å². The maximum absolute atomic E-state index is 12.0. The van der Waals surface area contributed by atoms with Crippen molar-refractivity contribution in [3.63, 3.8) is 0 Å². The Morgan fingerprint density at radius 2 is 2.04 bits per heavy atom. The van der Waals surface area contributed by atoms with Gasteiger partial charge in [0.1, 0.15) is 12.8 Å². The van der Waals surface area contributed by atoms with Gasteiger partial charge >= 0.3 is 5.97 Å². The highest BCUT2D eigenvalue weighted by molar-refractivity contribution is 5.70. The van der Waals surface area contributed by atoms with E-state index in [1.54, 1.807) is 7.11 Å². The van der Waals surface area contributed by atoms with E-state index in [0.29, 0.717) is 18.1 Å². The van der Waals surface area contributed by atoms with Crippen LogP contribution in [-0.2, 0) is 9.53 Å². The van der Waals surface area contributed by atoms with E-state index >= 15 is 0 Å². The minimum absolute atomic E-state index is 0.0232. The molecule has 144 valence electrons. The Bertz CT molecular complexity index is 639. The van der Waals surface area contributed by atoms with Crippen LogP contribution in [0.15, 0.2) is 30.4 Å². The lowest BCUT2D eigenvalue weighted by atomic mass is 9.79. The average molecular weight is 364 g/mol. The molecule has 7 nitrogen and oxygen atoms in total. The van der Waals surface area contributed by atoms with Gasteiger partial charge in [0.05, 0.1) is 20.6 Å². The topological polar surface area (TPSA) is 89.1 Å². The van der Waals surface area contributed by atoms with Crippen LogP contribution in [0.5, 0.6) is 11.5 Å². The largest absolute Gasteiger partial charge is 0.493 e. The number of benzene rings is 1. The second-order valence-corrected chi connectivity index (χ2v) is 6.64. The van der Waals surface area contributed by atoms with Crippen molar-refractivity contribution in [2.24, 2.45) is 5.92 Å². The van der Waals surface area contributed by atoms with E-state index in [-0.39, 0.29) is 30.3 Å². The van der Waals surface area contributed by atoms with Gasteiger partial charge in [-0.1, -0.05) is 12.6 Å². The number of hydrogen-bond donors (Lipinski definition) is 3. The number of carbonyl (C=O) groups is 1. The minimum atomic E-state index is -0.773.